The number of nitrogens with one attached hydrogen (secondary N) is 2. The number of carbonyl (C=O) groups is 3. The van der Waals surface area contributed by atoms with E-state index in [1.807, 2.05) is 81.4 Å². The lowest BCUT2D eigenvalue weighted by atomic mass is 9.96. The number of carbonyl (C=O) groups excluding carboxylic acids is 3. The second kappa shape index (κ2) is 13.0. The molecule has 0 aliphatic carbocycles. The first-order valence-electron chi connectivity index (χ1n) is 13.2. The molecule has 0 saturated carbocycles. The molecule has 3 amide bonds. The second-order valence-corrected chi connectivity index (χ2v) is 11.1. The van der Waals surface area contributed by atoms with Gasteiger partial charge in [0.2, 0.25) is 5.91 Å². The van der Waals surface area contributed by atoms with Crippen LogP contribution < -0.4 is 10.6 Å². The number of aryl methyl sites for hydroxylation is 2. The van der Waals surface area contributed by atoms with Crippen molar-refractivity contribution >= 4 is 47.0 Å². The first-order valence-corrected chi connectivity index (χ1v) is 13.8. The number of rotatable bonds is 9. The van der Waals surface area contributed by atoms with Gasteiger partial charge in [-0.3, -0.25) is 9.59 Å². The molecule has 7 nitrogen and oxygen atoms in total. The highest BCUT2D eigenvalue weighted by Gasteiger charge is 2.36. The van der Waals surface area contributed by atoms with E-state index in [1.165, 1.54) is 4.90 Å². The van der Waals surface area contributed by atoms with Crippen LogP contribution in [0.1, 0.15) is 56.8 Å². The van der Waals surface area contributed by atoms with Gasteiger partial charge in [-0.2, -0.15) is 12.6 Å². The fraction of sp³-hybridized carbons (Fsp3) is 0.387. The second-order valence-electron chi connectivity index (χ2n) is 10.7. The third-order valence-electron chi connectivity index (χ3n) is 6.22. The van der Waals surface area contributed by atoms with Crippen LogP contribution in [-0.4, -0.2) is 46.7 Å². The van der Waals surface area contributed by atoms with Gasteiger partial charge in [-0.05, 0) is 75.1 Å². The predicted octanol–water partition coefficient (Wildman–Crippen LogP) is 6.20. The predicted molar refractivity (Wildman–Crippen MR) is 160 cm³/mol. The highest BCUT2D eigenvalue weighted by Crippen LogP contribution is 2.29. The summed E-state index contributed by atoms with van der Waals surface area (Å²) in [6, 6.07) is 17.6. The molecule has 0 spiro atoms. The number of fused-ring (bicyclic) bond motifs is 1. The van der Waals surface area contributed by atoms with E-state index in [-0.39, 0.29) is 11.7 Å². The van der Waals surface area contributed by atoms with Gasteiger partial charge in [-0.15, -0.1) is 0 Å². The molecule has 0 bridgehead atoms. The maximum Gasteiger partial charge on any atom is 0.408 e. The summed E-state index contributed by atoms with van der Waals surface area (Å²) in [7, 11) is 0. The van der Waals surface area contributed by atoms with E-state index in [2.05, 4.69) is 23.3 Å². The molecule has 0 heterocycles. The summed E-state index contributed by atoms with van der Waals surface area (Å²) < 4.78 is 5.36. The van der Waals surface area contributed by atoms with Gasteiger partial charge in [-0.1, -0.05) is 61.0 Å². The molecule has 3 aromatic rings. The van der Waals surface area contributed by atoms with Crippen molar-refractivity contribution in [1.82, 2.24) is 10.2 Å². The average molecular weight is 550 g/mol. The standard InChI is InChI=1S/C31H39N3O4S/c1-7-16-34(29(36)26(19-39)33-30(37)38-31(4,5)6)27(25-15-12-20(2)17-21(25)3)28(35)32-24-14-13-22-10-8-9-11-23(22)18-24/h8-15,17-18,26-27,39H,7,16,19H2,1-6H3,(H,32,35)(H,33,37). The Morgan fingerprint density at radius 3 is 2.28 bits per heavy atom. The van der Waals surface area contributed by atoms with Crippen LogP contribution in [0.2, 0.25) is 0 Å². The van der Waals surface area contributed by atoms with Crippen molar-refractivity contribution in [3.05, 3.63) is 77.4 Å². The van der Waals surface area contributed by atoms with Crippen molar-refractivity contribution in [2.75, 3.05) is 17.6 Å². The van der Waals surface area contributed by atoms with Crippen LogP contribution in [0.15, 0.2) is 60.7 Å². The summed E-state index contributed by atoms with van der Waals surface area (Å²) in [5, 5.41) is 7.73. The number of alkyl carbamates (subject to hydrolysis) is 1. The zero-order chi connectivity index (χ0) is 28.7. The molecule has 2 unspecified atom stereocenters. The summed E-state index contributed by atoms with van der Waals surface area (Å²) >= 11 is 4.34. The smallest absolute Gasteiger partial charge is 0.408 e. The van der Waals surface area contributed by atoms with E-state index < -0.39 is 29.7 Å². The molecular formula is C31H39N3O4S. The van der Waals surface area contributed by atoms with Crippen molar-refractivity contribution in [2.45, 2.75) is 65.6 Å². The Morgan fingerprint density at radius 1 is 0.974 bits per heavy atom. The number of amides is 3. The fourth-order valence-electron chi connectivity index (χ4n) is 4.50. The Labute approximate surface area is 236 Å². The van der Waals surface area contributed by atoms with E-state index in [9.17, 15) is 14.4 Å². The maximum absolute atomic E-state index is 14.0. The summed E-state index contributed by atoms with van der Waals surface area (Å²) in [5.41, 5.74) is 2.58. The quantitative estimate of drug-likeness (QED) is 0.278. The van der Waals surface area contributed by atoms with Crippen molar-refractivity contribution in [3.8, 4) is 0 Å². The van der Waals surface area contributed by atoms with Crippen LogP contribution in [0.3, 0.4) is 0 Å². The third kappa shape index (κ3) is 7.99. The van der Waals surface area contributed by atoms with E-state index in [0.717, 1.165) is 27.5 Å². The zero-order valence-electron chi connectivity index (χ0n) is 23.6. The van der Waals surface area contributed by atoms with E-state index in [0.29, 0.717) is 18.7 Å². The van der Waals surface area contributed by atoms with Crippen LogP contribution in [-0.2, 0) is 14.3 Å². The normalized spacial score (nSPS) is 12.9. The highest BCUT2D eigenvalue weighted by atomic mass is 32.1. The third-order valence-corrected chi connectivity index (χ3v) is 6.58. The summed E-state index contributed by atoms with van der Waals surface area (Å²) in [5.74, 6) is -0.699. The van der Waals surface area contributed by atoms with Crippen molar-refractivity contribution < 1.29 is 19.1 Å². The summed E-state index contributed by atoms with van der Waals surface area (Å²) in [6.07, 6.45) is -0.0997. The van der Waals surface area contributed by atoms with E-state index in [4.69, 9.17) is 4.74 Å². The van der Waals surface area contributed by atoms with Gasteiger partial charge in [0, 0.05) is 18.0 Å². The summed E-state index contributed by atoms with van der Waals surface area (Å²) in [4.78, 5) is 42.0. The van der Waals surface area contributed by atoms with Gasteiger partial charge in [-0.25, -0.2) is 4.79 Å². The Hall–Kier alpha value is -3.52. The first-order chi connectivity index (χ1) is 18.4. The topological polar surface area (TPSA) is 87.7 Å². The largest absolute Gasteiger partial charge is 0.444 e. The molecular weight excluding hydrogens is 510 g/mol. The highest BCUT2D eigenvalue weighted by molar-refractivity contribution is 7.80. The lowest BCUT2D eigenvalue weighted by Gasteiger charge is -2.34. The van der Waals surface area contributed by atoms with Crippen LogP contribution in [0.4, 0.5) is 10.5 Å². The molecule has 3 rings (SSSR count). The Balaban J connectivity index is 2.00. The number of thiol groups is 1. The molecule has 208 valence electrons. The lowest BCUT2D eigenvalue weighted by Crippen LogP contribution is -2.53. The van der Waals surface area contributed by atoms with Gasteiger partial charge < -0.3 is 20.3 Å². The van der Waals surface area contributed by atoms with Crippen LogP contribution >= 0.6 is 12.6 Å². The van der Waals surface area contributed by atoms with Gasteiger partial charge in [0.1, 0.15) is 17.7 Å². The van der Waals surface area contributed by atoms with Crippen molar-refractivity contribution in [3.63, 3.8) is 0 Å². The van der Waals surface area contributed by atoms with Crippen LogP contribution in [0, 0.1) is 13.8 Å². The number of hydrogen-bond donors (Lipinski definition) is 3. The molecule has 0 aromatic heterocycles. The molecule has 0 fully saturated rings. The van der Waals surface area contributed by atoms with E-state index >= 15 is 0 Å². The molecule has 8 heteroatoms. The molecule has 3 aromatic carbocycles. The van der Waals surface area contributed by atoms with E-state index in [1.54, 1.807) is 20.8 Å². The average Bonchev–Trinajstić information content (AvgIpc) is 2.86. The Kier molecular flexibility index (Phi) is 10.0. The maximum atomic E-state index is 14.0. The monoisotopic (exact) mass is 549 g/mol. The molecule has 2 N–H and O–H groups in total. The molecule has 2 atom stereocenters. The molecule has 39 heavy (non-hydrogen) atoms. The minimum atomic E-state index is -0.976. The SMILES string of the molecule is CCCN(C(=O)C(CS)NC(=O)OC(C)(C)C)C(C(=O)Nc1ccc2ccccc2c1)c1ccc(C)cc1C. The molecule has 0 saturated heterocycles. The van der Waals surface area contributed by atoms with Crippen molar-refractivity contribution in [1.29, 1.82) is 0 Å². The Bertz CT molecular complexity index is 1330. The zero-order valence-corrected chi connectivity index (χ0v) is 24.5. The van der Waals surface area contributed by atoms with Gasteiger partial charge in [0.25, 0.3) is 5.91 Å². The lowest BCUT2D eigenvalue weighted by molar-refractivity contribution is -0.140. The number of anilines is 1. The first kappa shape index (κ1) is 30.0. The van der Waals surface area contributed by atoms with Crippen molar-refractivity contribution in [2.24, 2.45) is 0 Å². The molecule has 0 aliphatic rings. The summed E-state index contributed by atoms with van der Waals surface area (Å²) in [6.45, 7) is 11.4. The van der Waals surface area contributed by atoms with Gasteiger partial charge in [0.15, 0.2) is 0 Å². The van der Waals surface area contributed by atoms with Gasteiger partial charge in [0.05, 0.1) is 0 Å². The molecule has 0 radical (unpaired) electrons. The Morgan fingerprint density at radius 2 is 1.67 bits per heavy atom. The number of benzene rings is 3. The minimum Gasteiger partial charge on any atom is -0.444 e. The number of hydrogen-bond acceptors (Lipinski definition) is 5. The number of ether oxygens (including phenoxy) is 1. The minimum absolute atomic E-state index is 0.0458. The molecule has 0 aliphatic heterocycles. The van der Waals surface area contributed by atoms with Crippen LogP contribution in [0.5, 0.6) is 0 Å². The van der Waals surface area contributed by atoms with Crippen LogP contribution in [0.25, 0.3) is 10.8 Å². The fourth-order valence-corrected chi connectivity index (χ4v) is 4.75. The number of nitrogens with zero attached hydrogens (tertiary/aromatic N) is 1. The van der Waals surface area contributed by atoms with Gasteiger partial charge >= 0.3 is 6.09 Å².